The zero-order chi connectivity index (χ0) is 15.0. The van der Waals surface area contributed by atoms with E-state index in [0.717, 1.165) is 37.8 Å². The summed E-state index contributed by atoms with van der Waals surface area (Å²) in [7, 11) is 0. The van der Waals surface area contributed by atoms with Crippen LogP contribution in [0.2, 0.25) is 0 Å². The van der Waals surface area contributed by atoms with Crippen LogP contribution in [-0.2, 0) is 0 Å². The van der Waals surface area contributed by atoms with Crippen LogP contribution in [0.15, 0.2) is 12.1 Å². The largest absolute Gasteiger partial charge is 0.389 e. The van der Waals surface area contributed by atoms with E-state index in [9.17, 15) is 13.9 Å². The van der Waals surface area contributed by atoms with Gasteiger partial charge in [-0.15, -0.1) is 0 Å². The van der Waals surface area contributed by atoms with E-state index >= 15 is 0 Å². The lowest BCUT2D eigenvalue weighted by molar-refractivity contribution is -0.0614. The lowest BCUT2D eigenvalue weighted by atomic mass is 9.71. The van der Waals surface area contributed by atoms with E-state index in [-0.39, 0.29) is 17.2 Å². The topological polar surface area (TPSA) is 47.3 Å². The first-order chi connectivity index (χ1) is 10.0. The van der Waals surface area contributed by atoms with Crippen molar-refractivity contribution < 1.29 is 13.9 Å². The number of piperidine rings is 1. The molecule has 0 bridgehead atoms. The summed E-state index contributed by atoms with van der Waals surface area (Å²) in [6.45, 7) is 0.906. The van der Waals surface area contributed by atoms with Gasteiger partial charge < -0.3 is 10.0 Å². The lowest BCUT2D eigenvalue weighted by Gasteiger charge is -2.48. The third kappa shape index (κ3) is 2.49. The summed E-state index contributed by atoms with van der Waals surface area (Å²) in [4.78, 5) is 1.68. The van der Waals surface area contributed by atoms with Gasteiger partial charge in [0, 0.05) is 19.0 Å². The number of hydrogen-bond acceptors (Lipinski definition) is 3. The van der Waals surface area contributed by atoms with Crippen molar-refractivity contribution in [2.45, 2.75) is 37.7 Å². The average Bonchev–Trinajstić information content (AvgIpc) is 2.46. The highest BCUT2D eigenvalue weighted by Crippen LogP contribution is 2.41. The first kappa shape index (κ1) is 14.3. The molecule has 1 saturated heterocycles. The molecule has 1 N–H and O–H groups in total. The molecule has 0 amide bonds. The predicted molar refractivity (Wildman–Crippen MR) is 74.8 cm³/mol. The number of fused-ring (bicyclic) bond motifs is 1. The maximum absolute atomic E-state index is 14.1. The summed E-state index contributed by atoms with van der Waals surface area (Å²) in [6, 6.07) is 3.89. The number of nitrogens with zero attached hydrogens (tertiary/aromatic N) is 2. The Morgan fingerprint density at radius 3 is 2.62 bits per heavy atom. The summed E-state index contributed by atoms with van der Waals surface area (Å²) in [5.41, 5.74) is -0.754. The van der Waals surface area contributed by atoms with Gasteiger partial charge in [0.2, 0.25) is 0 Å². The number of halogens is 2. The molecule has 0 spiro atoms. The molecular formula is C16H18F2N2O. The second kappa shape index (κ2) is 5.27. The number of aliphatic hydroxyl groups is 1. The molecule has 2 aliphatic rings. The van der Waals surface area contributed by atoms with Crippen molar-refractivity contribution in [1.82, 2.24) is 0 Å². The average molecular weight is 292 g/mol. The molecule has 2 fully saturated rings. The first-order valence-corrected chi connectivity index (χ1v) is 7.40. The Bertz CT molecular complexity index is 575. The monoisotopic (exact) mass is 292 g/mol. The Morgan fingerprint density at radius 1 is 1.24 bits per heavy atom. The Labute approximate surface area is 122 Å². The van der Waals surface area contributed by atoms with Gasteiger partial charge in [0.05, 0.1) is 17.2 Å². The van der Waals surface area contributed by atoms with E-state index < -0.39 is 17.2 Å². The standard InChI is InChI=1S/C16H18F2N2O/c17-13-7-11(9-19)8-14(18)15(13)20-6-5-16(21)4-2-1-3-12(16)10-20/h7-8,12,21H,1-6,10H2. The molecule has 1 aromatic carbocycles. The van der Waals surface area contributed by atoms with Crippen LogP contribution in [0.25, 0.3) is 0 Å². The van der Waals surface area contributed by atoms with Gasteiger partial charge in [-0.05, 0) is 31.4 Å². The SMILES string of the molecule is N#Cc1cc(F)c(N2CCC3(O)CCCCC3C2)c(F)c1. The third-order valence-electron chi connectivity index (χ3n) is 4.89. The fraction of sp³-hybridized carbons (Fsp3) is 0.562. The molecule has 3 rings (SSSR count). The molecule has 112 valence electrons. The molecule has 1 heterocycles. The highest BCUT2D eigenvalue weighted by Gasteiger charge is 2.43. The summed E-state index contributed by atoms with van der Waals surface area (Å²) >= 11 is 0. The number of nitriles is 1. The van der Waals surface area contributed by atoms with Gasteiger partial charge in [-0.2, -0.15) is 5.26 Å². The van der Waals surface area contributed by atoms with Crippen LogP contribution in [0.1, 0.15) is 37.7 Å². The molecule has 1 aromatic rings. The molecule has 21 heavy (non-hydrogen) atoms. The van der Waals surface area contributed by atoms with E-state index in [1.807, 2.05) is 0 Å². The highest BCUT2D eigenvalue weighted by molar-refractivity contribution is 5.53. The molecule has 0 aromatic heterocycles. The van der Waals surface area contributed by atoms with Crippen LogP contribution in [0.4, 0.5) is 14.5 Å². The second-order valence-electron chi connectivity index (χ2n) is 6.14. The van der Waals surface area contributed by atoms with Crippen LogP contribution in [-0.4, -0.2) is 23.8 Å². The highest BCUT2D eigenvalue weighted by atomic mass is 19.1. The van der Waals surface area contributed by atoms with E-state index in [1.165, 1.54) is 0 Å². The van der Waals surface area contributed by atoms with Crippen molar-refractivity contribution in [3.8, 4) is 6.07 Å². The number of hydrogen-bond donors (Lipinski definition) is 1. The summed E-state index contributed by atoms with van der Waals surface area (Å²) in [6.07, 6.45) is 4.29. The first-order valence-electron chi connectivity index (χ1n) is 7.40. The molecule has 2 unspecified atom stereocenters. The lowest BCUT2D eigenvalue weighted by Crippen LogP contribution is -2.53. The van der Waals surface area contributed by atoms with Crippen molar-refractivity contribution in [3.63, 3.8) is 0 Å². The van der Waals surface area contributed by atoms with Crippen LogP contribution in [0, 0.1) is 28.9 Å². The Morgan fingerprint density at radius 2 is 1.95 bits per heavy atom. The maximum Gasteiger partial charge on any atom is 0.150 e. The quantitative estimate of drug-likeness (QED) is 0.865. The summed E-state index contributed by atoms with van der Waals surface area (Å²) in [5, 5.41) is 19.4. The van der Waals surface area contributed by atoms with Gasteiger partial charge in [0.15, 0.2) is 11.6 Å². The van der Waals surface area contributed by atoms with Gasteiger partial charge in [-0.1, -0.05) is 12.8 Å². The minimum atomic E-state index is -0.701. The minimum Gasteiger partial charge on any atom is -0.389 e. The van der Waals surface area contributed by atoms with Gasteiger partial charge >= 0.3 is 0 Å². The molecule has 0 radical (unpaired) electrons. The van der Waals surface area contributed by atoms with Crippen molar-refractivity contribution in [1.29, 1.82) is 5.26 Å². The number of rotatable bonds is 1. The summed E-state index contributed by atoms with van der Waals surface area (Å²) < 4.78 is 28.2. The molecule has 3 nitrogen and oxygen atoms in total. The predicted octanol–water partition coefficient (Wildman–Crippen LogP) is 2.97. The molecular weight excluding hydrogens is 274 g/mol. The van der Waals surface area contributed by atoms with Crippen molar-refractivity contribution >= 4 is 5.69 Å². The summed E-state index contributed by atoms with van der Waals surface area (Å²) in [5.74, 6) is -1.34. The molecule has 1 aliphatic heterocycles. The normalized spacial score (nSPS) is 28.9. The van der Waals surface area contributed by atoms with Gasteiger partial charge in [-0.3, -0.25) is 0 Å². The Balaban J connectivity index is 1.88. The van der Waals surface area contributed by atoms with Crippen molar-refractivity contribution in [2.75, 3.05) is 18.0 Å². The number of anilines is 1. The molecule has 1 saturated carbocycles. The van der Waals surface area contributed by atoms with Crippen LogP contribution < -0.4 is 4.90 Å². The fourth-order valence-electron chi connectivity index (χ4n) is 3.71. The zero-order valence-corrected chi connectivity index (χ0v) is 11.8. The number of benzene rings is 1. The van der Waals surface area contributed by atoms with E-state index in [0.29, 0.717) is 19.5 Å². The second-order valence-corrected chi connectivity index (χ2v) is 6.14. The van der Waals surface area contributed by atoms with Gasteiger partial charge in [0.1, 0.15) is 5.69 Å². The van der Waals surface area contributed by atoms with E-state index in [1.54, 1.807) is 11.0 Å². The van der Waals surface area contributed by atoms with Gasteiger partial charge in [-0.25, -0.2) is 8.78 Å². The van der Waals surface area contributed by atoms with Crippen LogP contribution in [0.5, 0.6) is 0 Å². The van der Waals surface area contributed by atoms with E-state index in [4.69, 9.17) is 5.26 Å². The zero-order valence-electron chi connectivity index (χ0n) is 11.8. The van der Waals surface area contributed by atoms with E-state index in [2.05, 4.69) is 0 Å². The Kier molecular flexibility index (Phi) is 3.58. The third-order valence-corrected chi connectivity index (χ3v) is 4.89. The molecule has 2 atom stereocenters. The maximum atomic E-state index is 14.1. The van der Waals surface area contributed by atoms with Crippen molar-refractivity contribution in [3.05, 3.63) is 29.3 Å². The molecule has 5 heteroatoms. The van der Waals surface area contributed by atoms with Crippen molar-refractivity contribution in [2.24, 2.45) is 5.92 Å². The van der Waals surface area contributed by atoms with Crippen LogP contribution >= 0.6 is 0 Å². The Hall–Kier alpha value is -1.67. The minimum absolute atomic E-state index is 0.0140. The van der Waals surface area contributed by atoms with Crippen LogP contribution in [0.3, 0.4) is 0 Å². The van der Waals surface area contributed by atoms with Gasteiger partial charge in [0.25, 0.3) is 0 Å². The molecule has 1 aliphatic carbocycles. The smallest absolute Gasteiger partial charge is 0.150 e. The fourth-order valence-corrected chi connectivity index (χ4v) is 3.71.